The molecule has 0 saturated heterocycles. The van der Waals surface area contributed by atoms with Gasteiger partial charge in [-0.05, 0) is 18.2 Å². The number of rotatable bonds is 6. The summed E-state index contributed by atoms with van der Waals surface area (Å²) < 4.78 is 13.5. The van der Waals surface area contributed by atoms with E-state index in [2.05, 4.69) is 10.6 Å². The molecule has 0 radical (unpaired) electrons. The summed E-state index contributed by atoms with van der Waals surface area (Å²) >= 11 is 5.44. The van der Waals surface area contributed by atoms with E-state index in [0.717, 1.165) is 0 Å². The van der Waals surface area contributed by atoms with Crippen LogP contribution in [0, 0.1) is 5.82 Å². The van der Waals surface area contributed by atoms with E-state index in [1.165, 1.54) is 18.2 Å². The van der Waals surface area contributed by atoms with Crippen molar-refractivity contribution in [2.75, 3.05) is 23.1 Å². The summed E-state index contributed by atoms with van der Waals surface area (Å²) in [7, 11) is 0. The van der Waals surface area contributed by atoms with Crippen LogP contribution in [0.4, 0.5) is 15.8 Å². The number of carbonyl (C=O) groups excluding carboxylic acids is 1. The predicted molar refractivity (Wildman–Crippen MR) is 70.5 cm³/mol. The molecule has 0 fully saturated rings. The molecular weight excluding hydrogens is 259 g/mol. The van der Waals surface area contributed by atoms with E-state index in [-0.39, 0.29) is 24.0 Å². The first-order chi connectivity index (χ1) is 8.56. The molecule has 0 aliphatic heterocycles. The van der Waals surface area contributed by atoms with Gasteiger partial charge >= 0.3 is 0 Å². The molecule has 1 unspecified atom stereocenters. The van der Waals surface area contributed by atoms with Crippen molar-refractivity contribution >= 4 is 28.9 Å². The van der Waals surface area contributed by atoms with Gasteiger partial charge in [0.2, 0.25) is 5.91 Å². The van der Waals surface area contributed by atoms with Crippen molar-refractivity contribution in [1.82, 2.24) is 0 Å². The third-order valence-electron chi connectivity index (χ3n) is 2.28. The molecule has 1 aromatic carbocycles. The minimum atomic E-state index is -0.750. The summed E-state index contributed by atoms with van der Waals surface area (Å²) in [5, 5.41) is 14.6. The number of aliphatic hydroxyl groups excluding tert-OH is 1. The van der Waals surface area contributed by atoms with Gasteiger partial charge in [-0.1, -0.05) is 6.92 Å². The van der Waals surface area contributed by atoms with Crippen LogP contribution in [0.25, 0.3) is 0 Å². The van der Waals surface area contributed by atoms with Crippen LogP contribution in [0.2, 0.25) is 0 Å². The third kappa shape index (κ3) is 4.50. The molecule has 1 amide bonds. The van der Waals surface area contributed by atoms with Gasteiger partial charge in [0.05, 0.1) is 17.7 Å². The summed E-state index contributed by atoms with van der Waals surface area (Å²) in [5.74, 6) is -0.527. The van der Waals surface area contributed by atoms with Crippen molar-refractivity contribution in [2.45, 2.75) is 19.4 Å². The fraction of sp³-hybridized carbons (Fsp3) is 0.417. The van der Waals surface area contributed by atoms with Crippen molar-refractivity contribution in [1.29, 1.82) is 0 Å². The third-order valence-corrected chi connectivity index (χ3v) is 2.63. The van der Waals surface area contributed by atoms with Crippen molar-refractivity contribution in [3.8, 4) is 0 Å². The average molecular weight is 275 g/mol. The molecule has 1 atom stereocenters. The fourth-order valence-electron chi connectivity index (χ4n) is 1.27. The van der Waals surface area contributed by atoms with E-state index in [4.69, 9.17) is 11.6 Å². The van der Waals surface area contributed by atoms with Gasteiger partial charge in [-0.2, -0.15) is 0 Å². The SMILES string of the molecule is CCC(=O)Nc1ccc(F)c(NCC(O)CCl)c1. The Bertz CT molecular complexity index is 415. The highest BCUT2D eigenvalue weighted by Gasteiger charge is 2.07. The maximum Gasteiger partial charge on any atom is 0.224 e. The second-order valence-electron chi connectivity index (χ2n) is 3.79. The normalized spacial score (nSPS) is 12.0. The fourth-order valence-corrected chi connectivity index (χ4v) is 1.38. The lowest BCUT2D eigenvalue weighted by molar-refractivity contribution is -0.115. The number of hydrogen-bond donors (Lipinski definition) is 3. The molecule has 18 heavy (non-hydrogen) atoms. The average Bonchev–Trinajstić information content (AvgIpc) is 2.38. The summed E-state index contributed by atoms with van der Waals surface area (Å²) in [6.07, 6.45) is -0.398. The Morgan fingerprint density at radius 3 is 2.89 bits per heavy atom. The van der Waals surface area contributed by atoms with Crippen molar-refractivity contribution in [2.24, 2.45) is 0 Å². The maximum absolute atomic E-state index is 13.5. The van der Waals surface area contributed by atoms with Crippen LogP contribution in [0.3, 0.4) is 0 Å². The summed E-state index contributed by atoms with van der Waals surface area (Å²) in [6, 6.07) is 4.20. The van der Waals surface area contributed by atoms with E-state index in [9.17, 15) is 14.3 Å². The molecule has 4 nitrogen and oxygen atoms in total. The first-order valence-corrected chi connectivity index (χ1v) is 6.17. The minimum Gasteiger partial charge on any atom is -0.390 e. The Hall–Kier alpha value is -1.33. The lowest BCUT2D eigenvalue weighted by Gasteiger charge is -2.12. The lowest BCUT2D eigenvalue weighted by Crippen LogP contribution is -2.21. The van der Waals surface area contributed by atoms with Gasteiger partial charge in [0, 0.05) is 18.7 Å². The standard InChI is InChI=1S/C12H16ClFN2O2/c1-2-12(18)16-8-3-4-10(14)11(5-8)15-7-9(17)6-13/h3-5,9,15,17H,2,6-7H2,1H3,(H,16,18). The molecule has 3 N–H and O–H groups in total. The van der Waals surface area contributed by atoms with Gasteiger partial charge in [0.1, 0.15) is 5.82 Å². The second kappa shape index (κ2) is 7.18. The number of aliphatic hydroxyl groups is 1. The highest BCUT2D eigenvalue weighted by Crippen LogP contribution is 2.19. The number of carbonyl (C=O) groups is 1. The van der Waals surface area contributed by atoms with E-state index in [1.54, 1.807) is 6.92 Å². The smallest absolute Gasteiger partial charge is 0.224 e. The molecule has 0 aromatic heterocycles. The van der Waals surface area contributed by atoms with Crippen LogP contribution in [0.15, 0.2) is 18.2 Å². The Kier molecular flexibility index (Phi) is 5.88. The predicted octanol–water partition coefficient (Wildman–Crippen LogP) is 2.19. The van der Waals surface area contributed by atoms with Crippen molar-refractivity contribution in [3.63, 3.8) is 0 Å². The molecule has 100 valence electrons. The minimum absolute atomic E-state index is 0.0703. The summed E-state index contributed by atoms with van der Waals surface area (Å²) in [4.78, 5) is 11.2. The van der Waals surface area contributed by atoms with Crippen LogP contribution < -0.4 is 10.6 Å². The Labute approximate surface area is 110 Å². The van der Waals surface area contributed by atoms with Crippen LogP contribution in [0.5, 0.6) is 0 Å². The van der Waals surface area contributed by atoms with Crippen molar-refractivity contribution in [3.05, 3.63) is 24.0 Å². The zero-order valence-corrected chi connectivity index (χ0v) is 10.8. The number of halogens is 2. The number of alkyl halides is 1. The molecular formula is C12H16ClFN2O2. The second-order valence-corrected chi connectivity index (χ2v) is 4.09. The molecule has 6 heteroatoms. The number of amides is 1. The lowest BCUT2D eigenvalue weighted by atomic mass is 10.2. The van der Waals surface area contributed by atoms with Gasteiger partial charge in [-0.3, -0.25) is 4.79 Å². The molecule has 1 rings (SSSR count). The molecule has 0 saturated carbocycles. The molecule has 1 aromatic rings. The van der Waals surface area contributed by atoms with Gasteiger partial charge < -0.3 is 15.7 Å². The molecule has 0 aliphatic carbocycles. The zero-order valence-electron chi connectivity index (χ0n) is 10.0. The first kappa shape index (κ1) is 14.7. The van der Waals surface area contributed by atoms with Gasteiger partial charge in [0.25, 0.3) is 0 Å². The Morgan fingerprint density at radius 1 is 1.56 bits per heavy atom. The number of anilines is 2. The van der Waals surface area contributed by atoms with E-state index in [1.807, 2.05) is 0 Å². The first-order valence-electron chi connectivity index (χ1n) is 5.64. The number of benzene rings is 1. The summed E-state index contributed by atoms with van der Waals surface area (Å²) in [5.41, 5.74) is 0.721. The number of nitrogens with one attached hydrogen (secondary N) is 2. The highest BCUT2D eigenvalue weighted by molar-refractivity contribution is 6.18. The van der Waals surface area contributed by atoms with Crippen LogP contribution in [-0.4, -0.2) is 29.5 Å². The Morgan fingerprint density at radius 2 is 2.28 bits per heavy atom. The van der Waals surface area contributed by atoms with E-state index < -0.39 is 11.9 Å². The number of hydrogen-bond acceptors (Lipinski definition) is 3. The highest BCUT2D eigenvalue weighted by atomic mass is 35.5. The van der Waals surface area contributed by atoms with E-state index >= 15 is 0 Å². The molecule has 0 bridgehead atoms. The quantitative estimate of drug-likeness (QED) is 0.697. The van der Waals surface area contributed by atoms with Crippen LogP contribution in [-0.2, 0) is 4.79 Å². The molecule has 0 heterocycles. The van der Waals surface area contributed by atoms with E-state index in [0.29, 0.717) is 12.1 Å². The van der Waals surface area contributed by atoms with Crippen LogP contribution >= 0.6 is 11.6 Å². The largest absolute Gasteiger partial charge is 0.390 e. The molecule has 0 spiro atoms. The van der Waals surface area contributed by atoms with Gasteiger partial charge in [0.15, 0.2) is 0 Å². The Balaban J connectivity index is 2.71. The van der Waals surface area contributed by atoms with Crippen LogP contribution in [0.1, 0.15) is 13.3 Å². The molecule has 0 aliphatic rings. The maximum atomic E-state index is 13.5. The topological polar surface area (TPSA) is 61.4 Å². The summed E-state index contributed by atoms with van der Waals surface area (Å²) in [6.45, 7) is 1.88. The van der Waals surface area contributed by atoms with Gasteiger partial charge in [-0.15, -0.1) is 11.6 Å². The zero-order chi connectivity index (χ0) is 13.5. The monoisotopic (exact) mass is 274 g/mol. The van der Waals surface area contributed by atoms with Crippen molar-refractivity contribution < 1.29 is 14.3 Å². The van der Waals surface area contributed by atoms with Gasteiger partial charge in [-0.25, -0.2) is 4.39 Å².